The van der Waals surface area contributed by atoms with Crippen molar-refractivity contribution in [3.63, 3.8) is 0 Å². The number of ketones is 1. The molecule has 108 valence electrons. The normalized spacial score (nSPS) is 27.6. The lowest BCUT2D eigenvalue weighted by Gasteiger charge is -2.39. The SMILES string of the molecule is [C-]#[N+]C1=CC2(CCN(c3ccccc3)C2)CC(C)(C)C1=O. The predicted octanol–water partition coefficient (Wildman–Crippen LogP) is 3.69. The van der Waals surface area contributed by atoms with Crippen LogP contribution in [-0.2, 0) is 4.79 Å². The van der Waals surface area contributed by atoms with Gasteiger partial charge in [-0.3, -0.25) is 0 Å². The van der Waals surface area contributed by atoms with Crippen LogP contribution in [-0.4, -0.2) is 18.9 Å². The van der Waals surface area contributed by atoms with Crippen LogP contribution in [0.15, 0.2) is 42.1 Å². The van der Waals surface area contributed by atoms with Crippen molar-refractivity contribution < 1.29 is 4.79 Å². The molecule has 3 nitrogen and oxygen atoms in total. The number of anilines is 1. The Hall–Kier alpha value is -2.08. The van der Waals surface area contributed by atoms with E-state index < -0.39 is 5.41 Å². The fourth-order valence-electron chi connectivity index (χ4n) is 3.81. The lowest BCUT2D eigenvalue weighted by atomic mass is 9.65. The monoisotopic (exact) mass is 280 g/mol. The third-order valence-electron chi connectivity index (χ3n) is 4.71. The third kappa shape index (κ3) is 2.35. The van der Waals surface area contributed by atoms with Crippen molar-refractivity contribution in [3.8, 4) is 0 Å². The van der Waals surface area contributed by atoms with E-state index in [1.165, 1.54) is 5.69 Å². The van der Waals surface area contributed by atoms with E-state index in [1.54, 1.807) is 0 Å². The summed E-state index contributed by atoms with van der Waals surface area (Å²) in [5.41, 5.74) is 1.09. The average molecular weight is 280 g/mol. The van der Waals surface area contributed by atoms with E-state index in [-0.39, 0.29) is 11.2 Å². The van der Waals surface area contributed by atoms with Crippen LogP contribution in [0, 0.1) is 17.4 Å². The van der Waals surface area contributed by atoms with Crippen LogP contribution in [0.2, 0.25) is 0 Å². The van der Waals surface area contributed by atoms with Gasteiger partial charge in [0, 0.05) is 24.2 Å². The third-order valence-corrected chi connectivity index (χ3v) is 4.71. The first kappa shape index (κ1) is 13.9. The molecule has 2 aliphatic rings. The second-order valence-corrected chi connectivity index (χ2v) is 6.90. The van der Waals surface area contributed by atoms with Crippen LogP contribution in [0.5, 0.6) is 0 Å². The molecule has 1 aliphatic heterocycles. The zero-order valence-corrected chi connectivity index (χ0v) is 12.6. The number of nitrogens with zero attached hydrogens (tertiary/aromatic N) is 2. The molecular weight excluding hydrogens is 260 g/mol. The van der Waals surface area contributed by atoms with Crippen molar-refractivity contribution >= 4 is 11.5 Å². The number of carbonyl (C=O) groups is 1. The molecule has 1 aromatic rings. The Morgan fingerprint density at radius 3 is 2.62 bits per heavy atom. The van der Waals surface area contributed by atoms with Gasteiger partial charge in [0.05, 0.1) is 6.57 Å². The van der Waals surface area contributed by atoms with E-state index in [0.29, 0.717) is 5.70 Å². The van der Waals surface area contributed by atoms with Gasteiger partial charge < -0.3 is 9.69 Å². The molecular formula is C18H20N2O. The van der Waals surface area contributed by atoms with Crippen molar-refractivity contribution in [2.45, 2.75) is 26.7 Å². The maximum absolute atomic E-state index is 12.3. The Bertz CT molecular complexity index is 639. The van der Waals surface area contributed by atoms with Crippen LogP contribution >= 0.6 is 0 Å². The molecule has 1 saturated heterocycles. The van der Waals surface area contributed by atoms with Crippen molar-refractivity contribution in [1.82, 2.24) is 0 Å². The first-order chi connectivity index (χ1) is 9.96. The largest absolute Gasteiger partial charge is 0.371 e. The van der Waals surface area contributed by atoms with Crippen LogP contribution in [0.25, 0.3) is 4.85 Å². The minimum atomic E-state index is -0.429. The Balaban J connectivity index is 1.92. The molecule has 1 aromatic carbocycles. The number of allylic oxidation sites excluding steroid dienone is 1. The molecule has 0 saturated carbocycles. The summed E-state index contributed by atoms with van der Waals surface area (Å²) >= 11 is 0. The van der Waals surface area contributed by atoms with Gasteiger partial charge in [0.2, 0.25) is 5.70 Å². The number of para-hydroxylation sites is 1. The van der Waals surface area contributed by atoms with Crippen molar-refractivity contribution in [3.05, 3.63) is 53.5 Å². The fourth-order valence-corrected chi connectivity index (χ4v) is 3.81. The molecule has 0 amide bonds. The lowest BCUT2D eigenvalue weighted by molar-refractivity contribution is -0.125. The predicted molar refractivity (Wildman–Crippen MR) is 83.8 cm³/mol. The smallest absolute Gasteiger partial charge is 0.226 e. The Labute approximate surface area is 126 Å². The van der Waals surface area contributed by atoms with Gasteiger partial charge in [0.1, 0.15) is 0 Å². The van der Waals surface area contributed by atoms with Gasteiger partial charge in [-0.15, -0.1) is 0 Å². The summed E-state index contributed by atoms with van der Waals surface area (Å²) in [6, 6.07) is 10.4. The second-order valence-electron chi connectivity index (χ2n) is 6.90. The van der Waals surface area contributed by atoms with Crippen LogP contribution < -0.4 is 4.90 Å². The topological polar surface area (TPSA) is 24.7 Å². The zero-order chi connectivity index (χ0) is 15.1. The molecule has 0 N–H and O–H groups in total. The van der Waals surface area contributed by atoms with Gasteiger partial charge >= 0.3 is 0 Å². The number of rotatable bonds is 1. The van der Waals surface area contributed by atoms with Gasteiger partial charge in [0.15, 0.2) is 5.78 Å². The van der Waals surface area contributed by atoms with E-state index in [9.17, 15) is 4.79 Å². The molecule has 0 bridgehead atoms. The number of carbonyl (C=O) groups excluding carboxylic acids is 1. The summed E-state index contributed by atoms with van der Waals surface area (Å²) in [6.07, 6.45) is 3.80. The molecule has 3 heteroatoms. The molecule has 0 radical (unpaired) electrons. The maximum atomic E-state index is 12.3. The number of hydrogen-bond acceptors (Lipinski definition) is 2. The van der Waals surface area contributed by atoms with Crippen molar-refractivity contribution in [1.29, 1.82) is 0 Å². The fraction of sp³-hybridized carbons (Fsp3) is 0.444. The highest BCUT2D eigenvalue weighted by molar-refractivity contribution is 6.02. The summed E-state index contributed by atoms with van der Waals surface area (Å²) in [6.45, 7) is 13.1. The van der Waals surface area contributed by atoms with Crippen LogP contribution in [0.4, 0.5) is 5.69 Å². The molecule has 1 unspecified atom stereocenters. The number of Topliss-reactive ketones (excluding diaryl/α,β-unsaturated/α-hetero) is 1. The summed E-state index contributed by atoms with van der Waals surface area (Å²) in [4.78, 5) is 18.1. The molecule has 1 atom stereocenters. The van der Waals surface area contributed by atoms with Gasteiger partial charge in [-0.05, 0) is 30.4 Å². The molecule has 0 aromatic heterocycles. The lowest BCUT2D eigenvalue weighted by Crippen LogP contribution is -2.39. The Morgan fingerprint density at radius 2 is 1.95 bits per heavy atom. The molecule has 1 heterocycles. The second kappa shape index (κ2) is 4.73. The number of benzene rings is 1. The standard InChI is InChI=1S/C18H20N2O/c1-17(2)12-18(11-15(19-3)16(17)21)9-10-20(13-18)14-7-5-4-6-8-14/h4-8,11H,9-10,12-13H2,1-2H3. The minimum Gasteiger partial charge on any atom is -0.371 e. The zero-order valence-electron chi connectivity index (χ0n) is 12.6. The highest BCUT2D eigenvalue weighted by Gasteiger charge is 2.47. The summed E-state index contributed by atoms with van der Waals surface area (Å²) in [5.74, 6) is 0.00119. The summed E-state index contributed by atoms with van der Waals surface area (Å²) in [5, 5.41) is 0. The highest BCUT2D eigenvalue weighted by Crippen LogP contribution is 2.48. The van der Waals surface area contributed by atoms with E-state index in [1.807, 2.05) is 26.0 Å². The molecule has 1 fully saturated rings. The van der Waals surface area contributed by atoms with Crippen molar-refractivity contribution in [2.75, 3.05) is 18.0 Å². The maximum Gasteiger partial charge on any atom is 0.226 e. The van der Waals surface area contributed by atoms with E-state index in [2.05, 4.69) is 34.0 Å². The quantitative estimate of drug-likeness (QED) is 0.733. The first-order valence-electron chi connectivity index (χ1n) is 7.41. The molecule has 1 spiro atoms. The van der Waals surface area contributed by atoms with Crippen LogP contribution in [0.3, 0.4) is 0 Å². The van der Waals surface area contributed by atoms with Gasteiger partial charge in [-0.1, -0.05) is 38.1 Å². The summed E-state index contributed by atoms with van der Waals surface area (Å²) in [7, 11) is 0. The van der Waals surface area contributed by atoms with E-state index >= 15 is 0 Å². The van der Waals surface area contributed by atoms with Crippen molar-refractivity contribution in [2.24, 2.45) is 10.8 Å². The summed E-state index contributed by atoms with van der Waals surface area (Å²) < 4.78 is 0. The number of hydrogen-bond donors (Lipinski definition) is 0. The highest BCUT2D eigenvalue weighted by atomic mass is 16.1. The Morgan fingerprint density at radius 1 is 1.24 bits per heavy atom. The molecule has 1 aliphatic carbocycles. The van der Waals surface area contributed by atoms with E-state index in [0.717, 1.165) is 25.9 Å². The van der Waals surface area contributed by atoms with Gasteiger partial charge in [-0.2, -0.15) is 0 Å². The van der Waals surface area contributed by atoms with Gasteiger partial charge in [-0.25, -0.2) is 4.85 Å². The molecule has 21 heavy (non-hydrogen) atoms. The van der Waals surface area contributed by atoms with Crippen LogP contribution in [0.1, 0.15) is 26.7 Å². The minimum absolute atomic E-state index is 0.00119. The van der Waals surface area contributed by atoms with Gasteiger partial charge in [0.25, 0.3) is 0 Å². The Kier molecular flexibility index (Phi) is 3.13. The van der Waals surface area contributed by atoms with E-state index in [4.69, 9.17) is 6.57 Å². The molecule has 3 rings (SSSR count). The average Bonchev–Trinajstić information content (AvgIpc) is 2.87. The first-order valence-corrected chi connectivity index (χ1v) is 7.41.